The lowest BCUT2D eigenvalue weighted by molar-refractivity contribution is 0.0758. The molecule has 0 aromatic heterocycles. The number of amides is 1. The third kappa shape index (κ3) is 3.66. The molecule has 1 atom stereocenters. The van der Waals surface area contributed by atoms with Gasteiger partial charge >= 0.3 is 0 Å². The van der Waals surface area contributed by atoms with E-state index in [2.05, 4.69) is 0 Å². The smallest absolute Gasteiger partial charge is 0.255 e. The highest BCUT2D eigenvalue weighted by atomic mass is 32.2. The maximum atomic E-state index is 13.5. The number of methoxy groups -OCH3 is 3. The zero-order valence-corrected chi connectivity index (χ0v) is 15.9. The normalized spacial score (nSPS) is 16.3. The molecule has 1 aliphatic heterocycles. The number of carbonyl (C=O) groups is 1. The number of halogens is 2. The van der Waals surface area contributed by atoms with Crippen LogP contribution < -0.4 is 14.2 Å². The number of rotatable bonds is 5. The third-order valence-electron chi connectivity index (χ3n) is 4.32. The number of ether oxygens (including phenoxy) is 3. The Hall–Kier alpha value is -2.48. The highest BCUT2D eigenvalue weighted by Crippen LogP contribution is 2.46. The monoisotopic (exact) mass is 395 g/mol. The standard InChI is InChI=1S/C19H19F2NO4S/c1-24-15-10-17(26-3)16(25-2)9-12(15)19-22(6-7-27-19)18(23)11-4-5-13(20)14(21)8-11/h4-5,8-10,19H,6-7H2,1-3H3. The first-order chi connectivity index (χ1) is 13.0. The molecule has 5 nitrogen and oxygen atoms in total. The number of benzene rings is 2. The molecule has 1 saturated heterocycles. The third-order valence-corrected chi connectivity index (χ3v) is 5.56. The minimum Gasteiger partial charge on any atom is -0.496 e. The Morgan fingerprint density at radius 2 is 1.67 bits per heavy atom. The van der Waals surface area contributed by atoms with Gasteiger partial charge in [0.2, 0.25) is 0 Å². The van der Waals surface area contributed by atoms with E-state index in [1.54, 1.807) is 28.8 Å². The van der Waals surface area contributed by atoms with E-state index < -0.39 is 11.6 Å². The summed E-state index contributed by atoms with van der Waals surface area (Å²) in [5.74, 6) is -0.123. The minimum atomic E-state index is -1.05. The molecule has 2 aromatic carbocycles. The fourth-order valence-electron chi connectivity index (χ4n) is 2.98. The lowest BCUT2D eigenvalue weighted by atomic mass is 10.1. The van der Waals surface area contributed by atoms with E-state index in [1.165, 1.54) is 27.4 Å². The molecule has 1 fully saturated rings. The summed E-state index contributed by atoms with van der Waals surface area (Å²) in [6.45, 7) is 0.477. The van der Waals surface area contributed by atoms with Crippen LogP contribution in [0.3, 0.4) is 0 Å². The summed E-state index contributed by atoms with van der Waals surface area (Å²) in [7, 11) is 4.59. The van der Waals surface area contributed by atoms with Gasteiger partial charge in [-0.2, -0.15) is 0 Å². The van der Waals surface area contributed by atoms with Crippen molar-refractivity contribution in [2.45, 2.75) is 5.37 Å². The molecule has 2 aromatic rings. The van der Waals surface area contributed by atoms with Gasteiger partial charge in [-0.25, -0.2) is 8.78 Å². The quantitative estimate of drug-likeness (QED) is 0.769. The highest BCUT2D eigenvalue weighted by Gasteiger charge is 2.34. The predicted octanol–water partition coefficient (Wildman–Crippen LogP) is 3.88. The van der Waals surface area contributed by atoms with Gasteiger partial charge in [-0.05, 0) is 24.3 Å². The fourth-order valence-corrected chi connectivity index (χ4v) is 4.25. The summed E-state index contributed by atoms with van der Waals surface area (Å²) in [5, 5.41) is -0.347. The van der Waals surface area contributed by atoms with Crippen molar-refractivity contribution in [2.24, 2.45) is 0 Å². The second-order valence-corrected chi connectivity index (χ2v) is 6.99. The van der Waals surface area contributed by atoms with E-state index in [9.17, 15) is 13.6 Å². The number of hydrogen-bond donors (Lipinski definition) is 0. The molecule has 3 rings (SSSR count). The summed E-state index contributed by atoms with van der Waals surface area (Å²) in [6.07, 6.45) is 0. The molecule has 1 unspecified atom stereocenters. The SMILES string of the molecule is COc1cc(OC)c(C2SCCN2C(=O)c2ccc(F)c(F)c2)cc1OC. The fraction of sp³-hybridized carbons (Fsp3) is 0.316. The van der Waals surface area contributed by atoms with Gasteiger partial charge in [-0.3, -0.25) is 4.79 Å². The second-order valence-electron chi connectivity index (χ2n) is 5.80. The van der Waals surface area contributed by atoms with Crippen LogP contribution in [-0.4, -0.2) is 44.4 Å². The van der Waals surface area contributed by atoms with E-state index in [1.807, 2.05) is 0 Å². The molecule has 0 radical (unpaired) electrons. The maximum Gasteiger partial charge on any atom is 0.255 e. The molecule has 0 aliphatic carbocycles. The number of hydrogen-bond acceptors (Lipinski definition) is 5. The number of thioether (sulfide) groups is 1. The molecule has 1 amide bonds. The largest absolute Gasteiger partial charge is 0.496 e. The Labute approximate surface area is 160 Å². The first-order valence-electron chi connectivity index (χ1n) is 8.17. The Balaban J connectivity index is 1.98. The lowest BCUT2D eigenvalue weighted by Crippen LogP contribution is -2.30. The van der Waals surface area contributed by atoms with Crippen molar-refractivity contribution in [1.82, 2.24) is 4.90 Å². The molecule has 8 heteroatoms. The topological polar surface area (TPSA) is 48.0 Å². The van der Waals surface area contributed by atoms with Crippen LogP contribution >= 0.6 is 11.8 Å². The molecule has 0 N–H and O–H groups in total. The zero-order valence-electron chi connectivity index (χ0n) is 15.1. The van der Waals surface area contributed by atoms with Gasteiger partial charge in [-0.1, -0.05) is 0 Å². The zero-order chi connectivity index (χ0) is 19.6. The van der Waals surface area contributed by atoms with E-state index in [0.717, 1.165) is 17.7 Å². The van der Waals surface area contributed by atoms with Crippen molar-refractivity contribution in [2.75, 3.05) is 33.6 Å². The van der Waals surface area contributed by atoms with Crippen LogP contribution in [0.4, 0.5) is 8.78 Å². The summed E-state index contributed by atoms with van der Waals surface area (Å²) in [6, 6.07) is 6.63. The molecular weight excluding hydrogens is 376 g/mol. The number of nitrogens with zero attached hydrogens (tertiary/aromatic N) is 1. The van der Waals surface area contributed by atoms with Crippen LogP contribution in [0.1, 0.15) is 21.3 Å². The molecule has 0 spiro atoms. The highest BCUT2D eigenvalue weighted by molar-refractivity contribution is 7.99. The Morgan fingerprint density at radius 1 is 1.00 bits per heavy atom. The molecule has 1 aliphatic rings. The summed E-state index contributed by atoms with van der Waals surface area (Å²) < 4.78 is 42.9. The first-order valence-corrected chi connectivity index (χ1v) is 9.22. The van der Waals surface area contributed by atoms with Crippen LogP contribution in [-0.2, 0) is 0 Å². The van der Waals surface area contributed by atoms with Crippen molar-refractivity contribution in [3.8, 4) is 17.2 Å². The Bertz CT molecular complexity index is 862. The van der Waals surface area contributed by atoms with Crippen molar-refractivity contribution in [1.29, 1.82) is 0 Å². The van der Waals surface area contributed by atoms with Crippen LogP contribution in [0.5, 0.6) is 17.2 Å². The summed E-state index contributed by atoms with van der Waals surface area (Å²) >= 11 is 1.56. The van der Waals surface area contributed by atoms with Crippen molar-refractivity contribution < 1.29 is 27.8 Å². The lowest BCUT2D eigenvalue weighted by Gasteiger charge is -2.26. The summed E-state index contributed by atoms with van der Waals surface area (Å²) in [4.78, 5) is 14.5. The minimum absolute atomic E-state index is 0.0980. The van der Waals surface area contributed by atoms with Gasteiger partial charge in [0.05, 0.1) is 21.3 Å². The van der Waals surface area contributed by atoms with E-state index >= 15 is 0 Å². The Kier molecular flexibility index (Phi) is 5.74. The maximum absolute atomic E-state index is 13.5. The molecule has 0 saturated carbocycles. The van der Waals surface area contributed by atoms with E-state index in [-0.39, 0.29) is 16.8 Å². The molecule has 0 bridgehead atoms. The molecule has 144 valence electrons. The Morgan fingerprint density at radius 3 is 2.30 bits per heavy atom. The van der Waals surface area contributed by atoms with Crippen LogP contribution in [0.25, 0.3) is 0 Å². The molecular formula is C19H19F2NO4S. The van der Waals surface area contributed by atoms with Gasteiger partial charge in [0, 0.05) is 29.5 Å². The van der Waals surface area contributed by atoms with Gasteiger partial charge in [0.15, 0.2) is 23.1 Å². The molecule has 1 heterocycles. The average molecular weight is 395 g/mol. The number of carbonyl (C=O) groups excluding carboxylic acids is 1. The van der Waals surface area contributed by atoms with Crippen LogP contribution in [0, 0.1) is 11.6 Å². The van der Waals surface area contributed by atoms with Gasteiger partial charge in [-0.15, -0.1) is 11.8 Å². The van der Waals surface area contributed by atoms with Gasteiger partial charge < -0.3 is 19.1 Å². The van der Waals surface area contributed by atoms with Crippen molar-refractivity contribution >= 4 is 17.7 Å². The van der Waals surface area contributed by atoms with Gasteiger partial charge in [0.25, 0.3) is 5.91 Å². The van der Waals surface area contributed by atoms with Crippen molar-refractivity contribution in [3.63, 3.8) is 0 Å². The van der Waals surface area contributed by atoms with Crippen molar-refractivity contribution in [3.05, 3.63) is 53.1 Å². The second kappa shape index (κ2) is 8.04. The molecule has 27 heavy (non-hydrogen) atoms. The average Bonchev–Trinajstić information content (AvgIpc) is 3.17. The van der Waals surface area contributed by atoms with E-state index in [0.29, 0.717) is 29.5 Å². The van der Waals surface area contributed by atoms with E-state index in [4.69, 9.17) is 14.2 Å². The van der Waals surface area contributed by atoms with Gasteiger partial charge in [0.1, 0.15) is 11.1 Å². The predicted molar refractivity (Wildman–Crippen MR) is 98.7 cm³/mol. The van der Waals surface area contributed by atoms with Crippen LogP contribution in [0.2, 0.25) is 0 Å². The van der Waals surface area contributed by atoms with Crippen LogP contribution in [0.15, 0.2) is 30.3 Å². The first kappa shape index (κ1) is 19.3. The summed E-state index contributed by atoms with van der Waals surface area (Å²) in [5.41, 5.74) is 0.842.